The van der Waals surface area contributed by atoms with Gasteiger partial charge >= 0.3 is 0 Å². The lowest BCUT2D eigenvalue weighted by molar-refractivity contribution is 0.112. The van der Waals surface area contributed by atoms with Crippen LogP contribution in [0.25, 0.3) is 0 Å². The molecule has 1 aromatic heterocycles. The molecule has 1 heterocycles. The molecule has 0 spiro atoms. The number of hydrogen-bond acceptors (Lipinski definition) is 6. The summed E-state index contributed by atoms with van der Waals surface area (Å²) in [5, 5.41) is 0. The molecule has 6 nitrogen and oxygen atoms in total. The zero-order chi connectivity index (χ0) is 13.2. The normalized spacial score (nSPS) is 10.3. The maximum atomic E-state index is 10.5. The molecule has 0 amide bonds. The van der Waals surface area contributed by atoms with Crippen molar-refractivity contribution in [3.05, 3.63) is 18.0 Å². The van der Waals surface area contributed by atoms with Gasteiger partial charge in [0.1, 0.15) is 0 Å². The van der Waals surface area contributed by atoms with E-state index in [-0.39, 0.29) is 0 Å². The molecule has 1 aromatic rings. The lowest BCUT2D eigenvalue weighted by Crippen LogP contribution is -2.30. The minimum Gasteiger partial charge on any atom is -0.385 e. The molecule has 0 aromatic carbocycles. The highest BCUT2D eigenvalue weighted by Gasteiger charge is 2.08. The topological polar surface area (TPSA) is 64.6 Å². The molecule has 0 radical (unpaired) electrons. The number of anilines is 1. The molecule has 6 heteroatoms. The fourth-order valence-corrected chi connectivity index (χ4v) is 1.47. The molecule has 100 valence electrons. The Bertz CT molecular complexity index is 343. The van der Waals surface area contributed by atoms with Crippen LogP contribution in [0.3, 0.4) is 0 Å². The Hall–Kier alpha value is -1.53. The maximum Gasteiger partial charge on any atom is 0.225 e. The highest BCUT2D eigenvalue weighted by molar-refractivity contribution is 5.73. The van der Waals surface area contributed by atoms with Crippen molar-refractivity contribution >= 4 is 12.2 Å². The lowest BCUT2D eigenvalue weighted by atomic mass is 10.4. The quantitative estimate of drug-likeness (QED) is 0.478. The summed E-state index contributed by atoms with van der Waals surface area (Å²) in [5.74, 6) is 0.605. The van der Waals surface area contributed by atoms with Gasteiger partial charge in [0.25, 0.3) is 0 Å². The number of carbonyl (C=O) groups excluding carboxylic acids is 1. The predicted octanol–water partition coefficient (Wildman–Crippen LogP) is 0.778. The fourth-order valence-electron chi connectivity index (χ4n) is 1.47. The van der Waals surface area contributed by atoms with Crippen molar-refractivity contribution in [2.24, 2.45) is 0 Å². The van der Waals surface area contributed by atoms with Gasteiger partial charge < -0.3 is 14.4 Å². The Kier molecular flexibility index (Phi) is 6.90. The van der Waals surface area contributed by atoms with Gasteiger partial charge in [-0.25, -0.2) is 9.97 Å². The molecule has 0 aliphatic heterocycles. The van der Waals surface area contributed by atoms with E-state index in [0.29, 0.717) is 31.3 Å². The van der Waals surface area contributed by atoms with Crippen molar-refractivity contribution in [1.29, 1.82) is 0 Å². The molecule has 0 unspecified atom stereocenters. The Labute approximate surface area is 107 Å². The van der Waals surface area contributed by atoms with Crippen molar-refractivity contribution < 1.29 is 14.3 Å². The van der Waals surface area contributed by atoms with Gasteiger partial charge in [-0.3, -0.25) is 4.79 Å². The molecule has 0 atom stereocenters. The first kappa shape index (κ1) is 14.5. The van der Waals surface area contributed by atoms with Gasteiger partial charge in [0.2, 0.25) is 5.95 Å². The number of aromatic nitrogens is 2. The highest BCUT2D eigenvalue weighted by Crippen LogP contribution is 2.07. The van der Waals surface area contributed by atoms with Crippen LogP contribution >= 0.6 is 0 Å². The summed E-state index contributed by atoms with van der Waals surface area (Å²) in [6.45, 7) is 2.79. The van der Waals surface area contributed by atoms with Crippen molar-refractivity contribution in [2.45, 2.75) is 6.42 Å². The summed E-state index contributed by atoms with van der Waals surface area (Å²) >= 11 is 0. The number of nitrogens with zero attached hydrogens (tertiary/aromatic N) is 3. The van der Waals surface area contributed by atoms with Gasteiger partial charge in [-0.2, -0.15) is 0 Å². The van der Waals surface area contributed by atoms with Gasteiger partial charge in [-0.05, 0) is 6.42 Å². The van der Waals surface area contributed by atoms with Crippen molar-refractivity contribution in [2.75, 3.05) is 45.4 Å². The summed E-state index contributed by atoms with van der Waals surface area (Å²) in [5.41, 5.74) is 0.474. The smallest absolute Gasteiger partial charge is 0.225 e. The SMILES string of the molecule is COCCCN(CCOC)c1ncc(C=O)cn1. The van der Waals surface area contributed by atoms with E-state index in [1.807, 2.05) is 4.90 Å². The van der Waals surface area contributed by atoms with Crippen LogP contribution in [0.15, 0.2) is 12.4 Å². The summed E-state index contributed by atoms with van der Waals surface area (Å²) in [6.07, 6.45) is 4.66. The number of methoxy groups -OCH3 is 2. The molecule has 0 aliphatic rings. The van der Waals surface area contributed by atoms with Crippen LogP contribution in [0.2, 0.25) is 0 Å². The Morgan fingerprint density at radius 3 is 2.39 bits per heavy atom. The van der Waals surface area contributed by atoms with Crippen molar-refractivity contribution in [1.82, 2.24) is 9.97 Å². The van der Waals surface area contributed by atoms with E-state index in [0.717, 1.165) is 19.3 Å². The van der Waals surface area contributed by atoms with Gasteiger partial charge in [0.15, 0.2) is 6.29 Å². The fraction of sp³-hybridized carbons (Fsp3) is 0.583. The zero-order valence-electron chi connectivity index (χ0n) is 10.8. The standard InChI is InChI=1S/C12H19N3O3/c1-17-6-3-4-15(5-7-18-2)12-13-8-11(10-16)9-14-12/h8-10H,3-7H2,1-2H3. The molecule has 1 rings (SSSR count). The lowest BCUT2D eigenvalue weighted by Gasteiger charge is -2.21. The van der Waals surface area contributed by atoms with E-state index in [2.05, 4.69) is 9.97 Å². The molecular formula is C12H19N3O3. The monoisotopic (exact) mass is 253 g/mol. The Balaban J connectivity index is 2.63. The third-order valence-corrected chi connectivity index (χ3v) is 2.42. The maximum absolute atomic E-state index is 10.5. The van der Waals surface area contributed by atoms with Crippen molar-refractivity contribution in [3.63, 3.8) is 0 Å². The second kappa shape index (κ2) is 8.54. The number of hydrogen-bond donors (Lipinski definition) is 0. The van der Waals surface area contributed by atoms with Crippen molar-refractivity contribution in [3.8, 4) is 0 Å². The first-order chi connectivity index (χ1) is 8.81. The van der Waals surface area contributed by atoms with Crippen LogP contribution in [0.4, 0.5) is 5.95 Å². The molecule has 0 bridgehead atoms. The number of rotatable bonds is 9. The summed E-state index contributed by atoms with van der Waals surface area (Å²) in [4.78, 5) is 20.9. The first-order valence-corrected chi connectivity index (χ1v) is 5.82. The largest absolute Gasteiger partial charge is 0.385 e. The highest BCUT2D eigenvalue weighted by atomic mass is 16.5. The average molecular weight is 253 g/mol. The van der Waals surface area contributed by atoms with E-state index in [1.54, 1.807) is 14.2 Å². The first-order valence-electron chi connectivity index (χ1n) is 5.82. The van der Waals surface area contributed by atoms with Crippen LogP contribution in [0.1, 0.15) is 16.8 Å². The number of aldehydes is 1. The summed E-state index contributed by atoms with van der Waals surface area (Å²) in [7, 11) is 3.33. The third-order valence-electron chi connectivity index (χ3n) is 2.42. The second-order valence-corrected chi connectivity index (χ2v) is 3.76. The Morgan fingerprint density at radius 1 is 1.17 bits per heavy atom. The van der Waals surface area contributed by atoms with Crippen LogP contribution in [0, 0.1) is 0 Å². The molecule has 0 saturated heterocycles. The van der Waals surface area contributed by atoms with Crippen LogP contribution in [0.5, 0.6) is 0 Å². The number of ether oxygens (including phenoxy) is 2. The van der Waals surface area contributed by atoms with Crippen LogP contribution in [-0.4, -0.2) is 56.8 Å². The van der Waals surface area contributed by atoms with Gasteiger partial charge in [-0.15, -0.1) is 0 Å². The molecule has 18 heavy (non-hydrogen) atoms. The third kappa shape index (κ3) is 4.77. The number of carbonyl (C=O) groups is 1. The molecule has 0 aliphatic carbocycles. The molecule has 0 N–H and O–H groups in total. The summed E-state index contributed by atoms with van der Waals surface area (Å²) in [6, 6.07) is 0. The summed E-state index contributed by atoms with van der Waals surface area (Å²) < 4.78 is 10.1. The second-order valence-electron chi connectivity index (χ2n) is 3.76. The van der Waals surface area contributed by atoms with E-state index in [1.165, 1.54) is 12.4 Å². The van der Waals surface area contributed by atoms with Crippen LogP contribution in [-0.2, 0) is 9.47 Å². The minimum absolute atomic E-state index is 0.474. The van der Waals surface area contributed by atoms with E-state index >= 15 is 0 Å². The zero-order valence-corrected chi connectivity index (χ0v) is 10.8. The molecule has 0 fully saturated rings. The van der Waals surface area contributed by atoms with E-state index in [4.69, 9.17) is 9.47 Å². The van der Waals surface area contributed by atoms with Crippen LogP contribution < -0.4 is 4.90 Å². The molecule has 0 saturated carbocycles. The van der Waals surface area contributed by atoms with Gasteiger partial charge in [0.05, 0.1) is 12.2 Å². The predicted molar refractivity (Wildman–Crippen MR) is 68.0 cm³/mol. The van der Waals surface area contributed by atoms with E-state index < -0.39 is 0 Å². The minimum atomic E-state index is 0.474. The van der Waals surface area contributed by atoms with Gasteiger partial charge in [0, 0.05) is 46.3 Å². The van der Waals surface area contributed by atoms with E-state index in [9.17, 15) is 4.79 Å². The van der Waals surface area contributed by atoms with Gasteiger partial charge in [-0.1, -0.05) is 0 Å². The molecular weight excluding hydrogens is 234 g/mol. The average Bonchev–Trinajstić information content (AvgIpc) is 2.43. The Morgan fingerprint density at radius 2 is 1.83 bits per heavy atom.